The van der Waals surface area contributed by atoms with Crippen LogP contribution in [0.4, 0.5) is 4.39 Å². The molecule has 0 radical (unpaired) electrons. The molecule has 1 aliphatic rings. The van der Waals surface area contributed by atoms with Gasteiger partial charge < -0.3 is 5.32 Å². The van der Waals surface area contributed by atoms with Crippen molar-refractivity contribution in [3.8, 4) is 0 Å². The van der Waals surface area contributed by atoms with Gasteiger partial charge in [0.1, 0.15) is 5.82 Å². The Morgan fingerprint density at radius 2 is 2.16 bits per heavy atom. The zero-order valence-corrected chi connectivity index (χ0v) is 12.5. The van der Waals surface area contributed by atoms with E-state index in [9.17, 15) is 4.39 Å². The average molecular weight is 284 g/mol. The fraction of sp³-hybridized carbons (Fsp3) is 0.625. The Balaban J connectivity index is 1.94. The van der Waals surface area contributed by atoms with Crippen molar-refractivity contribution in [2.75, 3.05) is 6.54 Å². The molecule has 19 heavy (non-hydrogen) atoms. The van der Waals surface area contributed by atoms with Gasteiger partial charge >= 0.3 is 0 Å². The van der Waals surface area contributed by atoms with E-state index < -0.39 is 0 Å². The average Bonchev–Trinajstić information content (AvgIpc) is 2.73. The first-order chi connectivity index (χ1) is 9.11. The van der Waals surface area contributed by atoms with Crippen molar-refractivity contribution in [2.24, 2.45) is 11.8 Å². The quantitative estimate of drug-likeness (QED) is 0.843. The number of hydrogen-bond donors (Lipinski definition) is 1. The second kappa shape index (κ2) is 6.71. The Hall–Kier alpha value is -0.600. The molecule has 0 heterocycles. The third kappa shape index (κ3) is 3.70. The summed E-state index contributed by atoms with van der Waals surface area (Å²) in [6.45, 7) is 5.61. The van der Waals surface area contributed by atoms with E-state index in [0.29, 0.717) is 17.9 Å². The molecule has 1 aliphatic carbocycles. The largest absolute Gasteiger partial charge is 0.314 e. The van der Waals surface area contributed by atoms with E-state index in [1.807, 2.05) is 6.07 Å². The first kappa shape index (κ1) is 14.8. The van der Waals surface area contributed by atoms with Gasteiger partial charge in [0.25, 0.3) is 0 Å². The van der Waals surface area contributed by atoms with Gasteiger partial charge in [-0.15, -0.1) is 0 Å². The van der Waals surface area contributed by atoms with Gasteiger partial charge in [-0.2, -0.15) is 0 Å². The minimum atomic E-state index is -0.300. The predicted molar refractivity (Wildman–Crippen MR) is 79.1 cm³/mol. The van der Waals surface area contributed by atoms with Crippen LogP contribution in [0.25, 0.3) is 0 Å². The maximum absolute atomic E-state index is 13.4. The summed E-state index contributed by atoms with van der Waals surface area (Å²) in [5, 5.41) is 3.84. The predicted octanol–water partition coefficient (Wildman–Crippen LogP) is 4.44. The molecule has 0 aromatic heterocycles. The van der Waals surface area contributed by atoms with Crippen molar-refractivity contribution >= 4 is 11.6 Å². The summed E-state index contributed by atoms with van der Waals surface area (Å²) in [5.41, 5.74) is 1.06. The molecule has 0 amide bonds. The van der Waals surface area contributed by atoms with E-state index in [-0.39, 0.29) is 10.8 Å². The van der Waals surface area contributed by atoms with Crippen LogP contribution in [-0.4, -0.2) is 12.6 Å². The van der Waals surface area contributed by atoms with E-state index in [1.54, 1.807) is 12.1 Å². The zero-order chi connectivity index (χ0) is 13.8. The van der Waals surface area contributed by atoms with Gasteiger partial charge in [0.2, 0.25) is 0 Å². The van der Waals surface area contributed by atoms with Crippen LogP contribution in [-0.2, 0) is 6.42 Å². The summed E-state index contributed by atoms with van der Waals surface area (Å²) >= 11 is 5.72. The highest BCUT2D eigenvalue weighted by Crippen LogP contribution is 2.34. The monoisotopic (exact) mass is 283 g/mol. The van der Waals surface area contributed by atoms with E-state index in [1.165, 1.54) is 19.3 Å². The number of nitrogens with one attached hydrogen (secondary N) is 1. The Bertz CT molecular complexity index is 421. The van der Waals surface area contributed by atoms with Gasteiger partial charge in [-0.3, -0.25) is 0 Å². The molecule has 1 N–H and O–H groups in total. The lowest BCUT2D eigenvalue weighted by atomic mass is 9.89. The minimum Gasteiger partial charge on any atom is -0.314 e. The molecular weight excluding hydrogens is 261 g/mol. The molecule has 0 aliphatic heterocycles. The Labute approximate surface area is 120 Å². The summed E-state index contributed by atoms with van der Waals surface area (Å²) in [6, 6.07) is 5.83. The molecule has 1 fully saturated rings. The molecule has 2 rings (SSSR count). The van der Waals surface area contributed by atoms with Crippen LogP contribution in [0.15, 0.2) is 18.2 Å². The van der Waals surface area contributed by atoms with Crippen molar-refractivity contribution in [1.82, 2.24) is 5.32 Å². The van der Waals surface area contributed by atoms with Crippen LogP contribution >= 0.6 is 11.6 Å². The number of benzene rings is 1. The summed E-state index contributed by atoms with van der Waals surface area (Å²) < 4.78 is 13.4. The van der Waals surface area contributed by atoms with Crippen LogP contribution in [0.3, 0.4) is 0 Å². The third-order valence-corrected chi connectivity index (χ3v) is 4.67. The Kier molecular flexibility index (Phi) is 5.23. The third-order valence-electron chi connectivity index (χ3n) is 4.37. The summed E-state index contributed by atoms with van der Waals surface area (Å²) in [4.78, 5) is 0. The van der Waals surface area contributed by atoms with Gasteiger partial charge in [0.05, 0.1) is 5.02 Å². The van der Waals surface area contributed by atoms with Gasteiger partial charge in [0.15, 0.2) is 0 Å². The molecule has 3 heteroatoms. The van der Waals surface area contributed by atoms with Gasteiger partial charge in [0, 0.05) is 6.04 Å². The second-order valence-electron chi connectivity index (χ2n) is 5.71. The van der Waals surface area contributed by atoms with Crippen molar-refractivity contribution in [1.29, 1.82) is 0 Å². The highest BCUT2D eigenvalue weighted by atomic mass is 35.5. The SMILES string of the molecule is CCCNC1CCC(Cc2ccc(Cl)c(F)c2)C1C. The molecule has 3 unspecified atom stereocenters. The lowest BCUT2D eigenvalue weighted by Crippen LogP contribution is -2.33. The van der Waals surface area contributed by atoms with Gasteiger partial charge in [-0.25, -0.2) is 4.39 Å². The standard InChI is InChI=1S/C16H23ClFN/c1-3-8-19-16-7-5-13(11(16)2)9-12-4-6-14(17)15(18)10-12/h4,6,10-11,13,16,19H,3,5,7-9H2,1-2H3. The van der Waals surface area contributed by atoms with Crippen LogP contribution in [0.1, 0.15) is 38.7 Å². The Morgan fingerprint density at radius 1 is 1.37 bits per heavy atom. The maximum Gasteiger partial charge on any atom is 0.142 e. The number of rotatable bonds is 5. The second-order valence-corrected chi connectivity index (χ2v) is 6.12. The van der Waals surface area contributed by atoms with Crippen molar-refractivity contribution < 1.29 is 4.39 Å². The van der Waals surface area contributed by atoms with E-state index >= 15 is 0 Å². The highest BCUT2D eigenvalue weighted by molar-refractivity contribution is 6.30. The van der Waals surface area contributed by atoms with Gasteiger partial charge in [-0.1, -0.05) is 31.5 Å². The smallest absolute Gasteiger partial charge is 0.142 e. The minimum absolute atomic E-state index is 0.214. The first-order valence-corrected chi connectivity index (χ1v) is 7.67. The summed E-state index contributed by atoms with van der Waals surface area (Å²) in [5.74, 6) is 1.01. The fourth-order valence-corrected chi connectivity index (χ4v) is 3.24. The molecule has 1 saturated carbocycles. The van der Waals surface area contributed by atoms with Crippen molar-refractivity contribution in [3.05, 3.63) is 34.6 Å². The van der Waals surface area contributed by atoms with Crippen molar-refractivity contribution in [3.63, 3.8) is 0 Å². The van der Waals surface area contributed by atoms with Gasteiger partial charge in [-0.05, 0) is 61.8 Å². The normalized spacial score (nSPS) is 26.8. The van der Waals surface area contributed by atoms with Crippen molar-refractivity contribution in [2.45, 2.75) is 45.6 Å². The first-order valence-electron chi connectivity index (χ1n) is 7.29. The van der Waals surface area contributed by atoms with Crippen LogP contribution in [0, 0.1) is 17.7 Å². The van der Waals surface area contributed by atoms with E-state index in [4.69, 9.17) is 11.6 Å². The van der Waals surface area contributed by atoms with Crippen LogP contribution in [0.5, 0.6) is 0 Å². The molecule has 1 aromatic carbocycles. The summed E-state index contributed by atoms with van der Waals surface area (Å²) in [7, 11) is 0. The fourth-order valence-electron chi connectivity index (χ4n) is 3.12. The lowest BCUT2D eigenvalue weighted by Gasteiger charge is -2.22. The topological polar surface area (TPSA) is 12.0 Å². The molecule has 0 spiro atoms. The molecule has 0 bridgehead atoms. The van der Waals surface area contributed by atoms with E-state index in [0.717, 1.165) is 18.5 Å². The van der Waals surface area contributed by atoms with Crippen LogP contribution in [0.2, 0.25) is 5.02 Å². The van der Waals surface area contributed by atoms with Crippen LogP contribution < -0.4 is 5.32 Å². The number of halogens is 2. The summed E-state index contributed by atoms with van der Waals surface area (Å²) in [6.07, 6.45) is 4.60. The molecular formula is C16H23ClFN. The maximum atomic E-state index is 13.4. The molecule has 1 nitrogen and oxygen atoms in total. The zero-order valence-electron chi connectivity index (χ0n) is 11.8. The highest BCUT2D eigenvalue weighted by Gasteiger charge is 2.32. The van der Waals surface area contributed by atoms with E-state index in [2.05, 4.69) is 19.2 Å². The molecule has 0 saturated heterocycles. The number of hydrogen-bond acceptors (Lipinski definition) is 1. The lowest BCUT2D eigenvalue weighted by molar-refractivity contribution is 0.351. The molecule has 1 aromatic rings. The molecule has 3 atom stereocenters. The Morgan fingerprint density at radius 3 is 2.84 bits per heavy atom. The molecule has 106 valence electrons.